The van der Waals surface area contributed by atoms with Crippen molar-refractivity contribution in [2.24, 2.45) is 0 Å². The van der Waals surface area contributed by atoms with Crippen LogP contribution in [0.25, 0.3) is 0 Å². The minimum atomic E-state index is -1.08. The molecule has 5 heteroatoms. The molecule has 0 bridgehead atoms. The third-order valence-corrected chi connectivity index (χ3v) is 3.71. The lowest BCUT2D eigenvalue weighted by molar-refractivity contribution is -0.148. The van der Waals surface area contributed by atoms with Crippen LogP contribution in [-0.4, -0.2) is 29.3 Å². The van der Waals surface area contributed by atoms with E-state index in [0.29, 0.717) is 16.7 Å². The van der Waals surface area contributed by atoms with Crippen LogP contribution in [0.5, 0.6) is 0 Å². The fourth-order valence-electron chi connectivity index (χ4n) is 2.69. The number of ether oxygens (including phenoxy) is 1. The van der Waals surface area contributed by atoms with E-state index >= 15 is 0 Å². The minimum absolute atomic E-state index is 0.172. The van der Waals surface area contributed by atoms with Gasteiger partial charge in [-0.3, -0.25) is 14.5 Å². The highest BCUT2D eigenvalue weighted by molar-refractivity contribution is 6.22. The van der Waals surface area contributed by atoms with E-state index in [0.717, 1.165) is 4.90 Å². The molecule has 0 saturated heterocycles. The van der Waals surface area contributed by atoms with Crippen molar-refractivity contribution in [1.29, 1.82) is 0 Å². The summed E-state index contributed by atoms with van der Waals surface area (Å²) in [5.74, 6) is -1.58. The van der Waals surface area contributed by atoms with Crippen LogP contribution in [0.1, 0.15) is 39.2 Å². The Hall–Kier alpha value is -2.95. The normalized spacial score (nSPS) is 14.6. The van der Waals surface area contributed by atoms with Crippen LogP contribution < -0.4 is 0 Å². The summed E-state index contributed by atoms with van der Waals surface area (Å²) in [4.78, 5) is 38.6. The third-order valence-electron chi connectivity index (χ3n) is 3.71. The maximum Gasteiger partial charge on any atom is 0.334 e. The quantitative estimate of drug-likeness (QED) is 0.643. The Morgan fingerprint density at radius 3 is 2.00 bits per heavy atom. The SMILES string of the molecule is CCOC(=O)[C@H](c1ccccc1)N1C(=O)c2ccccc2C1=O. The molecule has 5 nitrogen and oxygen atoms in total. The molecule has 0 unspecified atom stereocenters. The van der Waals surface area contributed by atoms with Crippen molar-refractivity contribution in [1.82, 2.24) is 4.90 Å². The van der Waals surface area contributed by atoms with Gasteiger partial charge in [0.2, 0.25) is 0 Å². The summed E-state index contributed by atoms with van der Waals surface area (Å²) in [5.41, 5.74) is 1.16. The van der Waals surface area contributed by atoms with Gasteiger partial charge in [-0.25, -0.2) is 4.79 Å². The average molecular weight is 309 g/mol. The van der Waals surface area contributed by atoms with Crippen LogP contribution in [0.3, 0.4) is 0 Å². The summed E-state index contributed by atoms with van der Waals surface area (Å²) >= 11 is 0. The van der Waals surface area contributed by atoms with Crippen molar-refractivity contribution in [2.45, 2.75) is 13.0 Å². The molecule has 2 aromatic carbocycles. The maximum atomic E-state index is 12.6. The van der Waals surface area contributed by atoms with Gasteiger partial charge in [0.05, 0.1) is 17.7 Å². The number of esters is 1. The lowest BCUT2D eigenvalue weighted by atomic mass is 10.1. The van der Waals surface area contributed by atoms with Crippen molar-refractivity contribution < 1.29 is 19.1 Å². The summed E-state index contributed by atoms with van der Waals surface area (Å²) in [7, 11) is 0. The number of hydrogen-bond donors (Lipinski definition) is 0. The zero-order valence-electron chi connectivity index (χ0n) is 12.6. The summed E-state index contributed by atoms with van der Waals surface area (Å²) in [6, 6.07) is 14.2. The molecule has 1 atom stereocenters. The molecular formula is C18H15NO4. The van der Waals surface area contributed by atoms with Gasteiger partial charge in [0.15, 0.2) is 6.04 Å². The second kappa shape index (κ2) is 6.04. The molecule has 2 aromatic rings. The van der Waals surface area contributed by atoms with Crippen molar-refractivity contribution in [2.75, 3.05) is 6.61 Å². The first kappa shape index (κ1) is 15.0. The number of carbonyl (C=O) groups is 3. The smallest absolute Gasteiger partial charge is 0.334 e. The third kappa shape index (κ3) is 2.50. The van der Waals surface area contributed by atoms with Gasteiger partial charge >= 0.3 is 5.97 Å². The van der Waals surface area contributed by atoms with E-state index in [1.165, 1.54) is 0 Å². The fourth-order valence-corrected chi connectivity index (χ4v) is 2.69. The topological polar surface area (TPSA) is 63.7 Å². The highest BCUT2D eigenvalue weighted by Gasteiger charge is 2.44. The Morgan fingerprint density at radius 1 is 0.957 bits per heavy atom. The molecule has 0 saturated carbocycles. The number of benzene rings is 2. The van der Waals surface area contributed by atoms with Crippen LogP contribution in [-0.2, 0) is 9.53 Å². The number of amides is 2. The van der Waals surface area contributed by atoms with Gasteiger partial charge in [-0.1, -0.05) is 42.5 Å². The van der Waals surface area contributed by atoms with Gasteiger partial charge in [0, 0.05) is 0 Å². The highest BCUT2D eigenvalue weighted by Crippen LogP contribution is 2.32. The van der Waals surface area contributed by atoms with Gasteiger partial charge < -0.3 is 4.74 Å². The monoisotopic (exact) mass is 309 g/mol. The lowest BCUT2D eigenvalue weighted by Crippen LogP contribution is -2.39. The van der Waals surface area contributed by atoms with Gasteiger partial charge in [-0.05, 0) is 24.6 Å². The molecule has 0 aromatic heterocycles. The molecule has 1 aliphatic heterocycles. The Kier molecular flexibility index (Phi) is 3.93. The largest absolute Gasteiger partial charge is 0.464 e. The summed E-state index contributed by atoms with van der Waals surface area (Å²) in [6.45, 7) is 1.85. The lowest BCUT2D eigenvalue weighted by Gasteiger charge is -2.24. The van der Waals surface area contributed by atoms with Crippen LogP contribution in [0.15, 0.2) is 54.6 Å². The zero-order chi connectivity index (χ0) is 16.4. The standard InChI is InChI=1S/C18H15NO4/c1-2-23-18(22)15(12-8-4-3-5-9-12)19-16(20)13-10-6-7-11-14(13)17(19)21/h3-11,15H,2H2,1H3/t15-/m0/s1. The Morgan fingerprint density at radius 2 is 1.48 bits per heavy atom. The zero-order valence-corrected chi connectivity index (χ0v) is 12.6. The van der Waals surface area contributed by atoms with E-state index in [9.17, 15) is 14.4 Å². The molecular weight excluding hydrogens is 294 g/mol. The van der Waals surface area contributed by atoms with E-state index in [-0.39, 0.29) is 6.61 Å². The number of rotatable bonds is 4. The number of carbonyl (C=O) groups excluding carboxylic acids is 3. The number of hydrogen-bond acceptors (Lipinski definition) is 4. The Labute approximate surface area is 133 Å². The van der Waals surface area contributed by atoms with Crippen LogP contribution in [0, 0.1) is 0 Å². The van der Waals surface area contributed by atoms with Crippen molar-refractivity contribution in [3.8, 4) is 0 Å². The van der Waals surface area contributed by atoms with Crippen molar-refractivity contribution >= 4 is 17.8 Å². The van der Waals surface area contributed by atoms with E-state index in [1.54, 1.807) is 61.5 Å². The summed E-state index contributed by atoms with van der Waals surface area (Å²) in [6.07, 6.45) is 0. The minimum Gasteiger partial charge on any atom is -0.464 e. The Bertz CT molecular complexity index is 735. The molecule has 2 amide bonds. The predicted octanol–water partition coefficient (Wildman–Crippen LogP) is 2.59. The molecule has 0 spiro atoms. The Balaban J connectivity index is 2.07. The second-order valence-electron chi connectivity index (χ2n) is 5.09. The fraction of sp³-hybridized carbons (Fsp3) is 0.167. The van der Waals surface area contributed by atoms with Gasteiger partial charge in [0.1, 0.15) is 0 Å². The van der Waals surface area contributed by atoms with Gasteiger partial charge in [0.25, 0.3) is 11.8 Å². The molecule has 0 fully saturated rings. The van der Waals surface area contributed by atoms with Gasteiger partial charge in [-0.15, -0.1) is 0 Å². The summed E-state index contributed by atoms with van der Waals surface area (Å²) < 4.78 is 5.08. The number of imide groups is 1. The van der Waals surface area contributed by atoms with E-state index in [2.05, 4.69) is 0 Å². The highest BCUT2D eigenvalue weighted by atomic mass is 16.5. The molecule has 0 N–H and O–H groups in total. The molecule has 1 aliphatic rings. The van der Waals surface area contributed by atoms with Crippen LogP contribution >= 0.6 is 0 Å². The van der Waals surface area contributed by atoms with E-state index < -0.39 is 23.8 Å². The first-order valence-corrected chi connectivity index (χ1v) is 7.33. The van der Waals surface area contributed by atoms with E-state index in [1.807, 2.05) is 0 Å². The average Bonchev–Trinajstić information content (AvgIpc) is 2.82. The van der Waals surface area contributed by atoms with Crippen molar-refractivity contribution in [3.63, 3.8) is 0 Å². The van der Waals surface area contributed by atoms with Gasteiger partial charge in [-0.2, -0.15) is 0 Å². The van der Waals surface area contributed by atoms with Crippen LogP contribution in [0.2, 0.25) is 0 Å². The summed E-state index contributed by atoms with van der Waals surface area (Å²) in [5, 5.41) is 0. The first-order chi connectivity index (χ1) is 11.1. The molecule has 116 valence electrons. The molecule has 23 heavy (non-hydrogen) atoms. The predicted molar refractivity (Wildman–Crippen MR) is 82.8 cm³/mol. The van der Waals surface area contributed by atoms with E-state index in [4.69, 9.17) is 4.74 Å². The molecule has 3 rings (SSSR count). The molecule has 0 radical (unpaired) electrons. The van der Waals surface area contributed by atoms with Crippen LogP contribution in [0.4, 0.5) is 0 Å². The maximum absolute atomic E-state index is 12.6. The van der Waals surface area contributed by atoms with Crippen molar-refractivity contribution in [3.05, 3.63) is 71.3 Å². The molecule has 1 heterocycles. The first-order valence-electron chi connectivity index (χ1n) is 7.33. The number of fused-ring (bicyclic) bond motifs is 1. The molecule has 0 aliphatic carbocycles. The number of nitrogens with zero attached hydrogens (tertiary/aromatic N) is 1. The second-order valence-corrected chi connectivity index (χ2v) is 5.09.